The number of carbonyl (C=O) groups excluding carboxylic acids is 2. The van der Waals surface area contributed by atoms with Crippen LogP contribution in [0.2, 0.25) is 0 Å². The largest absolute Gasteiger partial charge is 0.490 e. The third-order valence-electron chi connectivity index (χ3n) is 4.02. The lowest BCUT2D eigenvalue weighted by atomic mass is 10.1. The van der Waals surface area contributed by atoms with Crippen molar-refractivity contribution in [2.45, 2.75) is 18.2 Å². The van der Waals surface area contributed by atoms with Crippen LogP contribution < -0.4 is 14.8 Å². The number of fused-ring (bicyclic) bond motifs is 1. The molecule has 0 bridgehead atoms. The molecule has 0 unspecified atom stereocenters. The standard InChI is InChI=1S/C20H21NO5S/c1-13-4-5-14(20(23)24-2)10-16(13)21-19(22)12-27-15-6-7-17-18(11-15)26-9-3-8-25-17/h4-7,10-11H,3,8-9,12H2,1-2H3,(H,21,22). The molecular formula is C20H21NO5S. The zero-order valence-electron chi connectivity index (χ0n) is 15.2. The van der Waals surface area contributed by atoms with Crippen LogP contribution in [-0.4, -0.2) is 38.0 Å². The molecule has 1 heterocycles. The number of nitrogens with one attached hydrogen (secondary N) is 1. The number of anilines is 1. The topological polar surface area (TPSA) is 73.9 Å². The maximum absolute atomic E-state index is 12.3. The average Bonchev–Trinajstić information content (AvgIpc) is 2.92. The second-order valence-electron chi connectivity index (χ2n) is 6.02. The molecule has 0 fully saturated rings. The number of hydrogen-bond acceptors (Lipinski definition) is 6. The average molecular weight is 387 g/mol. The van der Waals surface area contributed by atoms with Crippen molar-refractivity contribution in [1.29, 1.82) is 0 Å². The van der Waals surface area contributed by atoms with Gasteiger partial charge < -0.3 is 19.5 Å². The van der Waals surface area contributed by atoms with E-state index in [1.165, 1.54) is 18.9 Å². The molecule has 0 spiro atoms. The SMILES string of the molecule is COC(=O)c1ccc(C)c(NC(=O)CSc2ccc3c(c2)OCCCO3)c1. The summed E-state index contributed by atoms with van der Waals surface area (Å²) in [5.74, 6) is 1.09. The summed E-state index contributed by atoms with van der Waals surface area (Å²) in [5.41, 5.74) is 1.87. The van der Waals surface area contributed by atoms with E-state index in [0.29, 0.717) is 30.2 Å². The van der Waals surface area contributed by atoms with Crippen LogP contribution in [0.15, 0.2) is 41.3 Å². The van der Waals surface area contributed by atoms with Gasteiger partial charge in [0.1, 0.15) is 0 Å². The summed E-state index contributed by atoms with van der Waals surface area (Å²) in [6.07, 6.45) is 0.851. The maximum atomic E-state index is 12.3. The number of thioether (sulfide) groups is 1. The Morgan fingerprint density at radius 2 is 1.89 bits per heavy atom. The van der Waals surface area contributed by atoms with Crippen LogP contribution in [0.25, 0.3) is 0 Å². The number of esters is 1. The first-order valence-corrected chi connectivity index (χ1v) is 9.56. The van der Waals surface area contributed by atoms with E-state index < -0.39 is 5.97 Å². The van der Waals surface area contributed by atoms with Crippen molar-refractivity contribution in [3.8, 4) is 11.5 Å². The number of methoxy groups -OCH3 is 1. The predicted octanol–water partition coefficient (Wildman–Crippen LogP) is 3.67. The number of rotatable bonds is 5. The van der Waals surface area contributed by atoms with Gasteiger partial charge in [-0.15, -0.1) is 11.8 Å². The zero-order chi connectivity index (χ0) is 19.2. The van der Waals surface area contributed by atoms with Gasteiger partial charge in [-0.1, -0.05) is 6.07 Å². The summed E-state index contributed by atoms with van der Waals surface area (Å²) in [4.78, 5) is 24.9. The molecule has 0 saturated heterocycles. The Bertz CT molecular complexity index is 852. The molecule has 3 rings (SSSR count). The molecule has 1 amide bonds. The number of ether oxygens (including phenoxy) is 3. The van der Waals surface area contributed by atoms with Gasteiger partial charge in [-0.2, -0.15) is 0 Å². The third kappa shape index (κ3) is 4.95. The molecule has 0 saturated carbocycles. The number of amides is 1. The van der Waals surface area contributed by atoms with Gasteiger partial charge >= 0.3 is 5.97 Å². The molecule has 0 aromatic heterocycles. The Morgan fingerprint density at radius 3 is 2.67 bits per heavy atom. The minimum absolute atomic E-state index is 0.155. The van der Waals surface area contributed by atoms with Crippen molar-refractivity contribution in [2.75, 3.05) is 31.4 Å². The van der Waals surface area contributed by atoms with Crippen molar-refractivity contribution in [2.24, 2.45) is 0 Å². The molecular weight excluding hydrogens is 366 g/mol. The number of hydrogen-bond donors (Lipinski definition) is 1. The van der Waals surface area contributed by atoms with Gasteiger partial charge in [0.05, 0.1) is 31.6 Å². The van der Waals surface area contributed by atoms with Crippen LogP contribution in [0.5, 0.6) is 11.5 Å². The van der Waals surface area contributed by atoms with E-state index in [2.05, 4.69) is 5.32 Å². The van der Waals surface area contributed by atoms with Crippen LogP contribution in [-0.2, 0) is 9.53 Å². The Morgan fingerprint density at radius 1 is 1.11 bits per heavy atom. The fraction of sp³-hybridized carbons (Fsp3) is 0.300. The van der Waals surface area contributed by atoms with E-state index in [1.54, 1.807) is 18.2 Å². The van der Waals surface area contributed by atoms with Crippen LogP contribution in [0, 0.1) is 6.92 Å². The maximum Gasteiger partial charge on any atom is 0.337 e. The predicted molar refractivity (Wildman–Crippen MR) is 104 cm³/mol. The first-order chi connectivity index (χ1) is 13.1. The molecule has 0 aliphatic carbocycles. The van der Waals surface area contributed by atoms with Gasteiger partial charge in [0.25, 0.3) is 0 Å². The van der Waals surface area contributed by atoms with Crippen molar-refractivity contribution in [3.05, 3.63) is 47.5 Å². The molecule has 1 N–H and O–H groups in total. The van der Waals surface area contributed by atoms with E-state index in [1.807, 2.05) is 25.1 Å². The molecule has 2 aromatic carbocycles. The highest BCUT2D eigenvalue weighted by molar-refractivity contribution is 8.00. The summed E-state index contributed by atoms with van der Waals surface area (Å²) in [6.45, 7) is 3.14. The van der Waals surface area contributed by atoms with Gasteiger partial charge in [0, 0.05) is 17.0 Å². The first-order valence-electron chi connectivity index (χ1n) is 8.58. The number of aryl methyl sites for hydroxylation is 1. The lowest BCUT2D eigenvalue weighted by Crippen LogP contribution is -2.15. The summed E-state index contributed by atoms with van der Waals surface area (Å²) < 4.78 is 16.0. The normalized spacial score (nSPS) is 12.8. The van der Waals surface area contributed by atoms with Crippen LogP contribution in [0.1, 0.15) is 22.3 Å². The molecule has 1 aliphatic rings. The Kier molecular flexibility index (Phi) is 6.24. The first kappa shape index (κ1) is 19.1. The summed E-state index contributed by atoms with van der Waals surface area (Å²) in [5, 5.41) is 2.85. The molecule has 0 atom stereocenters. The minimum Gasteiger partial charge on any atom is -0.490 e. The Hall–Kier alpha value is -2.67. The smallest absolute Gasteiger partial charge is 0.337 e. The van der Waals surface area contributed by atoms with Crippen molar-refractivity contribution < 1.29 is 23.8 Å². The molecule has 2 aromatic rings. The van der Waals surface area contributed by atoms with E-state index in [-0.39, 0.29) is 11.7 Å². The fourth-order valence-corrected chi connectivity index (χ4v) is 3.29. The van der Waals surface area contributed by atoms with Gasteiger partial charge in [0.2, 0.25) is 5.91 Å². The van der Waals surface area contributed by atoms with Gasteiger partial charge in [-0.25, -0.2) is 4.79 Å². The van der Waals surface area contributed by atoms with Crippen molar-refractivity contribution >= 4 is 29.3 Å². The van der Waals surface area contributed by atoms with Crippen molar-refractivity contribution in [1.82, 2.24) is 0 Å². The lowest BCUT2D eigenvalue weighted by Gasteiger charge is -2.11. The van der Waals surface area contributed by atoms with Gasteiger partial charge in [-0.3, -0.25) is 4.79 Å². The molecule has 1 aliphatic heterocycles. The van der Waals surface area contributed by atoms with Crippen molar-refractivity contribution in [3.63, 3.8) is 0 Å². The highest BCUT2D eigenvalue weighted by atomic mass is 32.2. The molecule has 142 valence electrons. The van der Waals surface area contributed by atoms with E-state index in [9.17, 15) is 9.59 Å². The summed E-state index contributed by atoms with van der Waals surface area (Å²) in [6, 6.07) is 10.7. The Balaban J connectivity index is 1.62. The quantitative estimate of drug-likeness (QED) is 0.623. The minimum atomic E-state index is -0.438. The third-order valence-corrected chi connectivity index (χ3v) is 5.02. The van der Waals surface area contributed by atoms with Crippen LogP contribution in [0.4, 0.5) is 5.69 Å². The number of carbonyl (C=O) groups is 2. The monoisotopic (exact) mass is 387 g/mol. The number of benzene rings is 2. The summed E-state index contributed by atoms with van der Waals surface area (Å²) >= 11 is 1.41. The second-order valence-corrected chi connectivity index (χ2v) is 7.07. The molecule has 6 nitrogen and oxygen atoms in total. The van der Waals surface area contributed by atoms with E-state index >= 15 is 0 Å². The molecule has 0 radical (unpaired) electrons. The van der Waals surface area contributed by atoms with Crippen LogP contribution >= 0.6 is 11.8 Å². The van der Waals surface area contributed by atoms with Gasteiger partial charge in [-0.05, 0) is 42.8 Å². The Labute approximate surface area is 162 Å². The highest BCUT2D eigenvalue weighted by Crippen LogP contribution is 2.34. The second kappa shape index (κ2) is 8.81. The highest BCUT2D eigenvalue weighted by Gasteiger charge is 2.13. The van der Waals surface area contributed by atoms with Gasteiger partial charge in [0.15, 0.2) is 11.5 Å². The fourth-order valence-electron chi connectivity index (χ4n) is 2.57. The summed E-state index contributed by atoms with van der Waals surface area (Å²) in [7, 11) is 1.33. The molecule has 27 heavy (non-hydrogen) atoms. The zero-order valence-corrected chi connectivity index (χ0v) is 16.1. The van der Waals surface area contributed by atoms with Crippen LogP contribution in [0.3, 0.4) is 0 Å². The van der Waals surface area contributed by atoms with E-state index in [4.69, 9.17) is 14.2 Å². The molecule has 7 heteroatoms. The van der Waals surface area contributed by atoms with E-state index in [0.717, 1.165) is 22.6 Å². The lowest BCUT2D eigenvalue weighted by molar-refractivity contribution is -0.113.